The number of pyridine rings is 1. The molecule has 1 aromatic heterocycles. The molecule has 5 nitrogen and oxygen atoms in total. The van der Waals surface area contributed by atoms with Crippen LogP contribution in [0.1, 0.15) is 24.1 Å². The summed E-state index contributed by atoms with van der Waals surface area (Å²) in [4.78, 5) is 11.5. The molecule has 0 bridgehead atoms. The maximum absolute atomic E-state index is 5.99. The van der Waals surface area contributed by atoms with Crippen molar-refractivity contribution in [3.63, 3.8) is 0 Å². The average Bonchev–Trinajstić information content (AvgIpc) is 3.09. The first-order chi connectivity index (χ1) is 11.2. The Labute approximate surface area is 160 Å². The molecule has 0 saturated carbocycles. The maximum Gasteiger partial charge on any atom is 0.193 e. The number of hydrogen-bond acceptors (Lipinski definition) is 3. The molecule has 1 fully saturated rings. The summed E-state index contributed by atoms with van der Waals surface area (Å²) in [5.41, 5.74) is 9.09. The van der Waals surface area contributed by atoms with E-state index in [1.54, 1.807) is 0 Å². The molecule has 3 N–H and O–H groups in total. The highest BCUT2D eigenvalue weighted by atomic mass is 127. The van der Waals surface area contributed by atoms with E-state index in [-0.39, 0.29) is 24.0 Å². The smallest absolute Gasteiger partial charge is 0.193 e. The molecule has 6 heteroatoms. The Morgan fingerprint density at radius 1 is 1.17 bits per heavy atom. The molecule has 128 valence electrons. The highest BCUT2D eigenvalue weighted by Gasteiger charge is 2.17. The zero-order valence-electron chi connectivity index (χ0n) is 13.9. The Balaban J connectivity index is 0.00000208. The van der Waals surface area contributed by atoms with E-state index >= 15 is 0 Å². The van der Waals surface area contributed by atoms with Crippen LogP contribution in [0.15, 0.2) is 47.5 Å². The average molecular weight is 437 g/mol. The molecule has 2 heterocycles. The molecule has 3 rings (SSSR count). The normalized spacial score (nSPS) is 14.4. The molecule has 0 radical (unpaired) electrons. The number of para-hydroxylation sites is 1. The summed E-state index contributed by atoms with van der Waals surface area (Å²) in [5.74, 6) is 1.47. The van der Waals surface area contributed by atoms with Crippen molar-refractivity contribution in [1.82, 2.24) is 4.98 Å². The molecule has 1 aliphatic rings. The quantitative estimate of drug-likeness (QED) is 0.437. The monoisotopic (exact) mass is 437 g/mol. The van der Waals surface area contributed by atoms with Crippen LogP contribution in [0, 0.1) is 6.92 Å². The van der Waals surface area contributed by atoms with Crippen LogP contribution in [0.25, 0.3) is 0 Å². The number of aryl methyl sites for hydroxylation is 1. The van der Waals surface area contributed by atoms with Crippen LogP contribution < -0.4 is 16.0 Å². The molecule has 1 aliphatic heterocycles. The summed E-state index contributed by atoms with van der Waals surface area (Å²) < 4.78 is 0. The predicted molar refractivity (Wildman–Crippen MR) is 111 cm³/mol. The number of nitrogens with zero attached hydrogens (tertiary/aromatic N) is 3. The minimum absolute atomic E-state index is 0. The van der Waals surface area contributed by atoms with Gasteiger partial charge >= 0.3 is 0 Å². The number of benzene rings is 1. The second-order valence-electron chi connectivity index (χ2n) is 5.82. The number of hydrogen-bond donors (Lipinski definition) is 2. The molecular formula is C18H24IN5. The first-order valence-electron chi connectivity index (χ1n) is 8.06. The Morgan fingerprint density at radius 3 is 2.58 bits per heavy atom. The zero-order valence-corrected chi connectivity index (χ0v) is 16.2. The molecule has 24 heavy (non-hydrogen) atoms. The van der Waals surface area contributed by atoms with Gasteiger partial charge in [0.15, 0.2) is 5.96 Å². The number of rotatable bonds is 4. The molecular weight excluding hydrogens is 413 g/mol. The van der Waals surface area contributed by atoms with Crippen molar-refractivity contribution in [2.45, 2.75) is 26.3 Å². The van der Waals surface area contributed by atoms with Crippen molar-refractivity contribution in [3.8, 4) is 0 Å². The third kappa shape index (κ3) is 4.83. The third-order valence-electron chi connectivity index (χ3n) is 3.97. The highest BCUT2D eigenvalue weighted by molar-refractivity contribution is 14.0. The number of aliphatic imine (C=N–C) groups is 1. The number of nitrogens with two attached hydrogens (primary N) is 1. The van der Waals surface area contributed by atoms with Crippen molar-refractivity contribution in [1.29, 1.82) is 0 Å². The molecule has 0 spiro atoms. The molecule has 2 aromatic rings. The lowest BCUT2D eigenvalue weighted by atomic mass is 10.2. The lowest BCUT2D eigenvalue weighted by molar-refractivity contribution is 0.898. The molecule has 0 amide bonds. The van der Waals surface area contributed by atoms with E-state index in [4.69, 9.17) is 10.7 Å². The van der Waals surface area contributed by atoms with Crippen LogP contribution in [-0.4, -0.2) is 24.0 Å². The summed E-state index contributed by atoms with van der Waals surface area (Å²) in [6.45, 7) is 4.71. The van der Waals surface area contributed by atoms with Gasteiger partial charge in [-0.3, -0.25) is 0 Å². The van der Waals surface area contributed by atoms with Crippen molar-refractivity contribution >= 4 is 41.4 Å². The van der Waals surface area contributed by atoms with Crippen LogP contribution in [0.3, 0.4) is 0 Å². The number of aromatic nitrogens is 1. The second-order valence-corrected chi connectivity index (χ2v) is 5.82. The standard InChI is InChI=1S/C18H23N5.HI/c1-14-9-10-15(17(21-14)23-11-5-6-12-23)13-20-18(19)22-16-7-3-2-4-8-16;/h2-4,7-10H,5-6,11-13H2,1H3,(H3,19,20,22);1H. The second kappa shape index (κ2) is 8.86. The zero-order chi connectivity index (χ0) is 16.1. The van der Waals surface area contributed by atoms with Gasteiger partial charge in [-0.15, -0.1) is 24.0 Å². The SMILES string of the molecule is Cc1ccc(CN=C(N)Nc2ccccc2)c(N2CCCC2)n1.I. The molecule has 0 unspecified atom stereocenters. The van der Waals surface area contributed by atoms with Gasteiger partial charge in [-0.05, 0) is 38.0 Å². The molecule has 0 atom stereocenters. The lowest BCUT2D eigenvalue weighted by Gasteiger charge is -2.20. The van der Waals surface area contributed by atoms with E-state index in [0.29, 0.717) is 12.5 Å². The highest BCUT2D eigenvalue weighted by Crippen LogP contribution is 2.23. The van der Waals surface area contributed by atoms with Gasteiger partial charge in [-0.2, -0.15) is 0 Å². The van der Waals surface area contributed by atoms with Crippen LogP contribution in [0.2, 0.25) is 0 Å². The predicted octanol–water partition coefficient (Wildman–Crippen LogP) is 3.54. The summed E-state index contributed by atoms with van der Waals surface area (Å²) in [6.07, 6.45) is 2.46. The van der Waals surface area contributed by atoms with E-state index in [1.807, 2.05) is 43.3 Å². The Morgan fingerprint density at radius 2 is 1.88 bits per heavy atom. The Kier molecular flexibility index (Phi) is 6.84. The first kappa shape index (κ1) is 18.5. The van der Waals surface area contributed by atoms with Gasteiger partial charge in [0, 0.05) is 30.0 Å². The first-order valence-corrected chi connectivity index (χ1v) is 8.06. The van der Waals surface area contributed by atoms with Gasteiger partial charge in [0.25, 0.3) is 0 Å². The van der Waals surface area contributed by atoms with Gasteiger partial charge in [-0.25, -0.2) is 9.98 Å². The number of nitrogens with one attached hydrogen (secondary N) is 1. The topological polar surface area (TPSA) is 66.5 Å². The number of guanidine groups is 1. The van der Waals surface area contributed by atoms with Crippen LogP contribution in [0.4, 0.5) is 11.5 Å². The van der Waals surface area contributed by atoms with Gasteiger partial charge in [0.2, 0.25) is 0 Å². The van der Waals surface area contributed by atoms with Crippen molar-refractivity contribution in [2.75, 3.05) is 23.3 Å². The van der Waals surface area contributed by atoms with E-state index in [9.17, 15) is 0 Å². The number of anilines is 2. The number of halogens is 1. The lowest BCUT2D eigenvalue weighted by Crippen LogP contribution is -2.23. The van der Waals surface area contributed by atoms with Crippen molar-refractivity contribution in [2.24, 2.45) is 10.7 Å². The van der Waals surface area contributed by atoms with E-state index in [1.165, 1.54) is 12.8 Å². The summed E-state index contributed by atoms with van der Waals surface area (Å²) >= 11 is 0. The Hall–Kier alpha value is -1.83. The maximum atomic E-state index is 5.99. The minimum Gasteiger partial charge on any atom is -0.370 e. The Bertz CT molecular complexity index is 681. The van der Waals surface area contributed by atoms with Gasteiger partial charge in [0.1, 0.15) is 5.82 Å². The fourth-order valence-electron chi connectivity index (χ4n) is 2.78. The summed E-state index contributed by atoms with van der Waals surface area (Å²) in [7, 11) is 0. The molecule has 0 aliphatic carbocycles. The van der Waals surface area contributed by atoms with Crippen LogP contribution in [-0.2, 0) is 6.54 Å². The van der Waals surface area contributed by atoms with Gasteiger partial charge < -0.3 is 16.0 Å². The van der Waals surface area contributed by atoms with E-state index < -0.39 is 0 Å². The van der Waals surface area contributed by atoms with Crippen molar-refractivity contribution in [3.05, 3.63) is 53.7 Å². The fourth-order valence-corrected chi connectivity index (χ4v) is 2.78. The molecule has 1 aromatic carbocycles. The summed E-state index contributed by atoms with van der Waals surface area (Å²) in [5, 5.41) is 3.11. The molecule has 1 saturated heterocycles. The van der Waals surface area contributed by atoms with Gasteiger partial charge in [0.05, 0.1) is 6.54 Å². The van der Waals surface area contributed by atoms with E-state index in [0.717, 1.165) is 35.9 Å². The van der Waals surface area contributed by atoms with Crippen LogP contribution >= 0.6 is 24.0 Å². The van der Waals surface area contributed by atoms with Crippen molar-refractivity contribution < 1.29 is 0 Å². The minimum atomic E-state index is 0. The largest absolute Gasteiger partial charge is 0.370 e. The van der Waals surface area contributed by atoms with Gasteiger partial charge in [-0.1, -0.05) is 24.3 Å². The third-order valence-corrected chi connectivity index (χ3v) is 3.97. The van der Waals surface area contributed by atoms with E-state index in [2.05, 4.69) is 21.3 Å². The summed E-state index contributed by atoms with van der Waals surface area (Å²) in [6, 6.07) is 14.0. The van der Waals surface area contributed by atoms with Crippen LogP contribution in [0.5, 0.6) is 0 Å². The fraction of sp³-hybridized carbons (Fsp3) is 0.333.